The minimum absolute atomic E-state index is 0.00108. The predicted molar refractivity (Wildman–Crippen MR) is 83.1 cm³/mol. The molecule has 0 saturated carbocycles. The van der Waals surface area contributed by atoms with Crippen molar-refractivity contribution in [3.8, 4) is 0 Å². The van der Waals surface area contributed by atoms with Crippen molar-refractivity contribution in [2.24, 2.45) is 0 Å². The number of hydrogen-bond donors (Lipinski definition) is 2. The lowest BCUT2D eigenvalue weighted by atomic mass is 10.1. The molecule has 2 N–H and O–H groups in total. The number of nitrogens with zero attached hydrogens (tertiary/aromatic N) is 1. The second-order valence-electron chi connectivity index (χ2n) is 4.84. The van der Waals surface area contributed by atoms with Crippen LogP contribution in [-0.4, -0.2) is 41.7 Å². The molecule has 1 rings (SSSR count). The third-order valence-corrected chi connectivity index (χ3v) is 3.71. The number of nitrogens with one attached hydrogen (secondary N) is 1. The summed E-state index contributed by atoms with van der Waals surface area (Å²) in [4.78, 5) is 14.0. The Hall–Kier alpha value is -1.17. The summed E-state index contributed by atoms with van der Waals surface area (Å²) in [5.74, 6) is -0.680. The lowest BCUT2D eigenvalue weighted by Crippen LogP contribution is -2.42. The number of anilines is 1. The van der Waals surface area contributed by atoms with Gasteiger partial charge in [0.1, 0.15) is 5.82 Å². The van der Waals surface area contributed by atoms with E-state index in [0.717, 1.165) is 18.9 Å². The highest BCUT2D eigenvalue weighted by Crippen LogP contribution is 2.22. The molecule has 21 heavy (non-hydrogen) atoms. The summed E-state index contributed by atoms with van der Waals surface area (Å²) in [5, 5.41) is 12.0. The van der Waals surface area contributed by atoms with Crippen molar-refractivity contribution in [1.29, 1.82) is 0 Å². The van der Waals surface area contributed by atoms with E-state index in [1.54, 1.807) is 0 Å². The summed E-state index contributed by atoms with van der Waals surface area (Å²) >= 11 is 5.88. The first-order valence-electron chi connectivity index (χ1n) is 7.11. The van der Waals surface area contributed by atoms with Crippen molar-refractivity contribution < 1.29 is 14.3 Å². The Morgan fingerprint density at radius 2 is 2.10 bits per heavy atom. The molecule has 1 aromatic carbocycles. The molecule has 0 aromatic heterocycles. The topological polar surface area (TPSA) is 52.6 Å². The van der Waals surface area contributed by atoms with E-state index in [-0.39, 0.29) is 30.1 Å². The molecule has 0 saturated heterocycles. The van der Waals surface area contributed by atoms with E-state index in [4.69, 9.17) is 16.7 Å². The van der Waals surface area contributed by atoms with E-state index in [2.05, 4.69) is 5.32 Å². The molecule has 0 atom stereocenters. The first-order valence-corrected chi connectivity index (χ1v) is 7.49. The number of hydrogen-bond acceptors (Lipinski definition) is 3. The second kappa shape index (κ2) is 8.97. The number of benzene rings is 1. The Morgan fingerprint density at radius 3 is 2.62 bits per heavy atom. The standard InChI is InChI=1S/C15H22ClFN2O2/c1-3-12(4-2)19(7-8-20)10-15(21)18-14-6-5-11(17)9-13(14)16/h5-6,9,12,20H,3-4,7-8,10H2,1-2H3,(H,18,21). The molecular formula is C15H22ClFN2O2. The molecule has 1 amide bonds. The maximum absolute atomic E-state index is 13.0. The van der Waals surface area contributed by atoms with Crippen molar-refractivity contribution in [2.45, 2.75) is 32.7 Å². The fourth-order valence-corrected chi connectivity index (χ4v) is 2.50. The molecule has 0 heterocycles. The minimum Gasteiger partial charge on any atom is -0.395 e. The Balaban J connectivity index is 2.69. The highest BCUT2D eigenvalue weighted by Gasteiger charge is 2.18. The molecule has 0 aliphatic carbocycles. The summed E-state index contributed by atoms with van der Waals surface area (Å²) in [6.07, 6.45) is 1.81. The van der Waals surface area contributed by atoms with Gasteiger partial charge in [-0.05, 0) is 31.0 Å². The molecule has 6 heteroatoms. The van der Waals surface area contributed by atoms with E-state index < -0.39 is 5.82 Å². The maximum Gasteiger partial charge on any atom is 0.238 e. The lowest BCUT2D eigenvalue weighted by molar-refractivity contribution is -0.118. The van der Waals surface area contributed by atoms with Gasteiger partial charge in [0.15, 0.2) is 0 Å². The summed E-state index contributed by atoms with van der Waals surface area (Å²) in [7, 11) is 0. The average molecular weight is 317 g/mol. The zero-order valence-electron chi connectivity index (χ0n) is 12.4. The summed E-state index contributed by atoms with van der Waals surface area (Å²) in [5.41, 5.74) is 0.386. The first-order chi connectivity index (χ1) is 10.0. The zero-order valence-corrected chi connectivity index (χ0v) is 13.2. The van der Waals surface area contributed by atoms with Crippen LogP contribution in [0.3, 0.4) is 0 Å². The van der Waals surface area contributed by atoms with Gasteiger partial charge in [0.05, 0.1) is 23.9 Å². The molecule has 118 valence electrons. The normalized spacial score (nSPS) is 11.2. The highest BCUT2D eigenvalue weighted by atomic mass is 35.5. The van der Waals surface area contributed by atoms with Gasteiger partial charge in [-0.25, -0.2) is 4.39 Å². The Kier molecular flexibility index (Phi) is 7.64. The van der Waals surface area contributed by atoms with Gasteiger partial charge in [-0.3, -0.25) is 9.69 Å². The first kappa shape index (κ1) is 17.9. The van der Waals surface area contributed by atoms with Gasteiger partial charge in [-0.1, -0.05) is 25.4 Å². The third-order valence-electron chi connectivity index (χ3n) is 3.40. The van der Waals surface area contributed by atoms with E-state index in [9.17, 15) is 9.18 Å². The van der Waals surface area contributed by atoms with Crippen LogP contribution in [0.4, 0.5) is 10.1 Å². The smallest absolute Gasteiger partial charge is 0.238 e. The molecule has 0 unspecified atom stereocenters. The lowest BCUT2D eigenvalue weighted by Gasteiger charge is -2.29. The molecule has 0 aliphatic heterocycles. The van der Waals surface area contributed by atoms with Crippen molar-refractivity contribution in [3.63, 3.8) is 0 Å². The maximum atomic E-state index is 13.0. The molecule has 1 aromatic rings. The van der Waals surface area contributed by atoms with Crippen LogP contribution in [-0.2, 0) is 4.79 Å². The third kappa shape index (κ3) is 5.61. The van der Waals surface area contributed by atoms with Crippen LogP contribution in [0.25, 0.3) is 0 Å². The van der Waals surface area contributed by atoms with Gasteiger partial charge in [0.2, 0.25) is 5.91 Å². The summed E-state index contributed by atoms with van der Waals surface area (Å²) < 4.78 is 13.0. The largest absolute Gasteiger partial charge is 0.395 e. The van der Waals surface area contributed by atoms with Gasteiger partial charge in [0, 0.05) is 12.6 Å². The van der Waals surface area contributed by atoms with Gasteiger partial charge in [0.25, 0.3) is 0 Å². The van der Waals surface area contributed by atoms with Crippen LogP contribution in [0.1, 0.15) is 26.7 Å². The molecule has 0 radical (unpaired) electrons. The second-order valence-corrected chi connectivity index (χ2v) is 5.24. The predicted octanol–water partition coefficient (Wildman–Crippen LogP) is 2.90. The SMILES string of the molecule is CCC(CC)N(CCO)CC(=O)Nc1ccc(F)cc1Cl. The molecule has 4 nitrogen and oxygen atoms in total. The van der Waals surface area contributed by atoms with Crippen molar-refractivity contribution in [1.82, 2.24) is 4.90 Å². The monoisotopic (exact) mass is 316 g/mol. The molecule has 0 bridgehead atoms. The van der Waals surface area contributed by atoms with Crippen LogP contribution in [0.15, 0.2) is 18.2 Å². The highest BCUT2D eigenvalue weighted by molar-refractivity contribution is 6.33. The number of amides is 1. The summed E-state index contributed by atoms with van der Waals surface area (Å²) in [6, 6.07) is 4.08. The van der Waals surface area contributed by atoms with Crippen molar-refractivity contribution in [2.75, 3.05) is 25.0 Å². The van der Waals surface area contributed by atoms with Crippen molar-refractivity contribution in [3.05, 3.63) is 29.0 Å². The molecular weight excluding hydrogens is 295 g/mol. The molecule has 0 spiro atoms. The fourth-order valence-electron chi connectivity index (χ4n) is 2.29. The zero-order chi connectivity index (χ0) is 15.8. The van der Waals surface area contributed by atoms with Crippen LogP contribution >= 0.6 is 11.6 Å². The number of rotatable bonds is 8. The van der Waals surface area contributed by atoms with Gasteiger partial charge >= 0.3 is 0 Å². The van der Waals surface area contributed by atoms with E-state index in [1.807, 2.05) is 18.7 Å². The van der Waals surface area contributed by atoms with E-state index in [0.29, 0.717) is 12.2 Å². The fraction of sp³-hybridized carbons (Fsp3) is 0.533. The Labute approximate surface area is 129 Å². The average Bonchev–Trinajstić information content (AvgIpc) is 2.43. The Morgan fingerprint density at radius 1 is 1.43 bits per heavy atom. The van der Waals surface area contributed by atoms with Gasteiger partial charge in [-0.15, -0.1) is 0 Å². The van der Waals surface area contributed by atoms with Gasteiger partial charge in [-0.2, -0.15) is 0 Å². The number of halogens is 2. The quantitative estimate of drug-likeness (QED) is 0.775. The van der Waals surface area contributed by atoms with Crippen LogP contribution < -0.4 is 5.32 Å². The van der Waals surface area contributed by atoms with Crippen LogP contribution in [0.2, 0.25) is 5.02 Å². The number of carbonyl (C=O) groups excluding carboxylic acids is 1. The van der Waals surface area contributed by atoms with E-state index >= 15 is 0 Å². The molecule has 0 fully saturated rings. The number of aliphatic hydroxyl groups is 1. The van der Waals surface area contributed by atoms with Crippen LogP contribution in [0.5, 0.6) is 0 Å². The number of aliphatic hydroxyl groups excluding tert-OH is 1. The summed E-state index contributed by atoms with van der Waals surface area (Å²) in [6.45, 7) is 4.71. The van der Waals surface area contributed by atoms with Crippen molar-refractivity contribution >= 4 is 23.2 Å². The van der Waals surface area contributed by atoms with E-state index in [1.165, 1.54) is 12.1 Å². The Bertz CT molecular complexity index is 467. The van der Waals surface area contributed by atoms with Crippen LogP contribution in [0, 0.1) is 5.82 Å². The van der Waals surface area contributed by atoms with Gasteiger partial charge < -0.3 is 10.4 Å². The number of carbonyl (C=O) groups is 1. The molecule has 0 aliphatic rings. The minimum atomic E-state index is -0.447.